The molecule has 0 saturated carbocycles. The summed E-state index contributed by atoms with van der Waals surface area (Å²) >= 11 is 0. The second-order valence-corrected chi connectivity index (χ2v) is 4.73. The van der Waals surface area contributed by atoms with Crippen molar-refractivity contribution in [1.29, 1.82) is 0 Å². The minimum absolute atomic E-state index is 0.0413. The number of carbonyl (C=O) groups is 1. The Balaban J connectivity index is 1.82. The van der Waals surface area contributed by atoms with E-state index in [-0.39, 0.29) is 5.78 Å². The van der Waals surface area contributed by atoms with Gasteiger partial charge in [0.25, 0.3) is 0 Å². The van der Waals surface area contributed by atoms with Gasteiger partial charge in [0, 0.05) is 18.7 Å². The Morgan fingerprint density at radius 1 is 1.37 bits per heavy atom. The first-order valence-electron chi connectivity index (χ1n) is 6.43. The number of hydrogen-bond donors (Lipinski definition) is 0. The zero-order valence-electron chi connectivity index (χ0n) is 10.9. The van der Waals surface area contributed by atoms with Gasteiger partial charge in [-0.1, -0.05) is 0 Å². The Morgan fingerprint density at radius 2 is 2.16 bits per heavy atom. The summed E-state index contributed by atoms with van der Waals surface area (Å²) in [7, 11) is 0. The first-order chi connectivity index (χ1) is 9.22. The predicted octanol–water partition coefficient (Wildman–Crippen LogP) is 1.86. The molecule has 1 aromatic carbocycles. The largest absolute Gasteiger partial charge is 0.439 e. The molecule has 5 nitrogen and oxygen atoms in total. The molecule has 0 radical (unpaired) electrons. The molecule has 19 heavy (non-hydrogen) atoms. The van der Waals surface area contributed by atoms with E-state index in [9.17, 15) is 4.79 Å². The molecular weight excluding hydrogens is 244 g/mol. The normalized spacial score (nSPS) is 16.9. The molecule has 3 rings (SSSR count). The van der Waals surface area contributed by atoms with Crippen molar-refractivity contribution in [2.45, 2.75) is 13.5 Å². The molecule has 0 spiro atoms. The number of morpholine rings is 1. The van der Waals surface area contributed by atoms with Gasteiger partial charge in [-0.2, -0.15) is 0 Å². The zero-order chi connectivity index (χ0) is 13.2. The van der Waals surface area contributed by atoms with Gasteiger partial charge in [-0.3, -0.25) is 9.69 Å². The second-order valence-electron chi connectivity index (χ2n) is 4.73. The van der Waals surface area contributed by atoms with Gasteiger partial charge in [0.2, 0.25) is 5.89 Å². The third-order valence-electron chi connectivity index (χ3n) is 3.30. The third kappa shape index (κ3) is 2.67. The van der Waals surface area contributed by atoms with Crippen LogP contribution in [0.1, 0.15) is 23.2 Å². The van der Waals surface area contributed by atoms with E-state index in [4.69, 9.17) is 9.15 Å². The summed E-state index contributed by atoms with van der Waals surface area (Å²) in [5.74, 6) is 0.734. The van der Waals surface area contributed by atoms with Gasteiger partial charge < -0.3 is 9.15 Å². The van der Waals surface area contributed by atoms with E-state index >= 15 is 0 Å². The highest BCUT2D eigenvalue weighted by Gasteiger charge is 2.14. The van der Waals surface area contributed by atoms with Crippen molar-refractivity contribution in [1.82, 2.24) is 9.88 Å². The molecule has 0 atom stereocenters. The van der Waals surface area contributed by atoms with Crippen LogP contribution in [0.5, 0.6) is 0 Å². The highest BCUT2D eigenvalue weighted by molar-refractivity contribution is 5.96. The molecule has 1 aliphatic rings. The highest BCUT2D eigenvalue weighted by atomic mass is 16.5. The first kappa shape index (κ1) is 12.3. The van der Waals surface area contributed by atoms with Crippen molar-refractivity contribution in [3.05, 3.63) is 29.7 Å². The number of benzene rings is 1. The van der Waals surface area contributed by atoms with E-state index in [0.29, 0.717) is 18.0 Å². The summed E-state index contributed by atoms with van der Waals surface area (Å²) in [6.45, 7) is 5.56. The molecule has 0 N–H and O–H groups in total. The van der Waals surface area contributed by atoms with E-state index in [1.54, 1.807) is 19.1 Å². The number of Topliss-reactive ketones (excluding diaryl/α,β-unsaturated/α-hetero) is 1. The van der Waals surface area contributed by atoms with Crippen molar-refractivity contribution >= 4 is 16.9 Å². The lowest BCUT2D eigenvalue weighted by atomic mass is 10.1. The van der Waals surface area contributed by atoms with Crippen molar-refractivity contribution in [3.63, 3.8) is 0 Å². The molecule has 100 valence electrons. The maximum absolute atomic E-state index is 11.3. The quantitative estimate of drug-likeness (QED) is 0.788. The van der Waals surface area contributed by atoms with E-state index in [2.05, 4.69) is 9.88 Å². The molecule has 5 heteroatoms. The number of nitrogens with zero attached hydrogens (tertiary/aromatic N) is 2. The molecule has 2 heterocycles. The van der Waals surface area contributed by atoms with Gasteiger partial charge in [-0.05, 0) is 25.1 Å². The molecule has 0 aliphatic carbocycles. The molecule has 1 saturated heterocycles. The number of rotatable bonds is 3. The molecular formula is C14H16N2O3. The fourth-order valence-electron chi connectivity index (χ4n) is 2.21. The second kappa shape index (κ2) is 5.11. The van der Waals surface area contributed by atoms with Crippen LogP contribution in [0, 0.1) is 0 Å². The van der Waals surface area contributed by atoms with Gasteiger partial charge in [0.15, 0.2) is 11.4 Å². The van der Waals surface area contributed by atoms with Crippen LogP contribution >= 0.6 is 0 Å². The topological polar surface area (TPSA) is 55.6 Å². The van der Waals surface area contributed by atoms with Crippen LogP contribution in [-0.2, 0) is 11.3 Å². The lowest BCUT2D eigenvalue weighted by molar-refractivity contribution is 0.0308. The van der Waals surface area contributed by atoms with Gasteiger partial charge in [0.05, 0.1) is 19.8 Å². The van der Waals surface area contributed by atoms with Crippen LogP contribution in [0.4, 0.5) is 0 Å². The number of ether oxygens (including phenoxy) is 1. The van der Waals surface area contributed by atoms with E-state index < -0.39 is 0 Å². The molecule has 0 bridgehead atoms. The number of aromatic nitrogens is 1. The number of fused-ring (bicyclic) bond motifs is 1. The zero-order valence-corrected chi connectivity index (χ0v) is 10.9. The lowest BCUT2D eigenvalue weighted by Gasteiger charge is -2.24. The Morgan fingerprint density at radius 3 is 2.89 bits per heavy atom. The summed E-state index contributed by atoms with van der Waals surface area (Å²) in [5.41, 5.74) is 2.14. The fourth-order valence-corrected chi connectivity index (χ4v) is 2.21. The maximum atomic E-state index is 11.3. The molecule has 1 aromatic heterocycles. The Labute approximate surface area is 111 Å². The SMILES string of the molecule is CC(=O)c1ccc2oc(CN3CCOCC3)nc2c1. The van der Waals surface area contributed by atoms with Gasteiger partial charge >= 0.3 is 0 Å². The van der Waals surface area contributed by atoms with Crippen LogP contribution in [-0.4, -0.2) is 42.0 Å². The summed E-state index contributed by atoms with van der Waals surface area (Å²) < 4.78 is 11.0. The Bertz CT molecular complexity index is 600. The molecule has 1 fully saturated rings. The average Bonchev–Trinajstić information content (AvgIpc) is 2.80. The minimum Gasteiger partial charge on any atom is -0.439 e. The Kier molecular flexibility index (Phi) is 3.31. The van der Waals surface area contributed by atoms with E-state index in [0.717, 1.165) is 37.4 Å². The van der Waals surface area contributed by atoms with Gasteiger partial charge in [-0.15, -0.1) is 0 Å². The summed E-state index contributed by atoms with van der Waals surface area (Å²) in [6.07, 6.45) is 0. The van der Waals surface area contributed by atoms with Crippen molar-refractivity contribution in [3.8, 4) is 0 Å². The number of ketones is 1. The summed E-state index contributed by atoms with van der Waals surface area (Å²) in [6, 6.07) is 5.36. The van der Waals surface area contributed by atoms with Crippen LogP contribution in [0.25, 0.3) is 11.1 Å². The first-order valence-corrected chi connectivity index (χ1v) is 6.43. The van der Waals surface area contributed by atoms with Crippen LogP contribution in [0.3, 0.4) is 0 Å². The third-order valence-corrected chi connectivity index (χ3v) is 3.30. The average molecular weight is 260 g/mol. The van der Waals surface area contributed by atoms with Crippen LogP contribution in [0.15, 0.2) is 22.6 Å². The molecule has 2 aromatic rings. The van der Waals surface area contributed by atoms with Crippen molar-refractivity contribution < 1.29 is 13.9 Å². The Hall–Kier alpha value is -1.72. The number of hydrogen-bond acceptors (Lipinski definition) is 5. The smallest absolute Gasteiger partial charge is 0.209 e. The molecule has 0 unspecified atom stereocenters. The van der Waals surface area contributed by atoms with E-state index in [1.807, 2.05) is 6.07 Å². The minimum atomic E-state index is 0.0413. The number of carbonyl (C=O) groups excluding carboxylic acids is 1. The number of oxazole rings is 1. The summed E-state index contributed by atoms with van der Waals surface area (Å²) in [4.78, 5) is 18.0. The highest BCUT2D eigenvalue weighted by Crippen LogP contribution is 2.19. The van der Waals surface area contributed by atoms with Crippen molar-refractivity contribution in [2.75, 3.05) is 26.3 Å². The van der Waals surface area contributed by atoms with Crippen LogP contribution < -0.4 is 0 Å². The van der Waals surface area contributed by atoms with Crippen LogP contribution in [0.2, 0.25) is 0 Å². The standard InChI is InChI=1S/C14H16N2O3/c1-10(17)11-2-3-13-12(8-11)15-14(19-13)9-16-4-6-18-7-5-16/h2-3,8H,4-7,9H2,1H3. The predicted molar refractivity (Wildman–Crippen MR) is 70.1 cm³/mol. The monoisotopic (exact) mass is 260 g/mol. The van der Waals surface area contributed by atoms with Gasteiger partial charge in [0.1, 0.15) is 5.52 Å². The van der Waals surface area contributed by atoms with Crippen molar-refractivity contribution in [2.24, 2.45) is 0 Å². The maximum Gasteiger partial charge on any atom is 0.209 e. The fraction of sp³-hybridized carbons (Fsp3) is 0.429. The van der Waals surface area contributed by atoms with Gasteiger partial charge in [-0.25, -0.2) is 4.98 Å². The lowest BCUT2D eigenvalue weighted by Crippen LogP contribution is -2.35. The van der Waals surface area contributed by atoms with E-state index in [1.165, 1.54) is 0 Å². The molecule has 1 aliphatic heterocycles. The molecule has 0 amide bonds. The summed E-state index contributed by atoms with van der Waals surface area (Å²) in [5, 5.41) is 0.